The Bertz CT molecular complexity index is 1150. The predicted molar refractivity (Wildman–Crippen MR) is 120 cm³/mol. The maximum Gasteiger partial charge on any atom is 0.270 e. The molecule has 0 aliphatic carbocycles. The zero-order valence-corrected chi connectivity index (χ0v) is 17.9. The minimum atomic E-state index is -0.463. The van der Waals surface area contributed by atoms with Crippen LogP contribution in [0.3, 0.4) is 0 Å². The van der Waals surface area contributed by atoms with Gasteiger partial charge in [-0.15, -0.1) is 0 Å². The molecule has 0 aromatic heterocycles. The van der Waals surface area contributed by atoms with Crippen LogP contribution in [0, 0.1) is 10.1 Å². The third-order valence-electron chi connectivity index (χ3n) is 4.90. The van der Waals surface area contributed by atoms with Crippen LogP contribution in [0.15, 0.2) is 65.8 Å². The SMILES string of the molecule is COc1cc(/C=N/OCc2cc([N+](=O)[O-])cc3c2OCOC3)ccc1OCc1ccccc1. The van der Waals surface area contributed by atoms with Gasteiger partial charge in [0.2, 0.25) is 0 Å². The van der Waals surface area contributed by atoms with Gasteiger partial charge in [-0.2, -0.15) is 0 Å². The van der Waals surface area contributed by atoms with Gasteiger partial charge in [0.05, 0.1) is 24.9 Å². The first-order valence-corrected chi connectivity index (χ1v) is 10.1. The quantitative estimate of drug-likeness (QED) is 0.267. The number of nitrogens with zero attached hydrogens (tertiary/aromatic N) is 2. The zero-order valence-electron chi connectivity index (χ0n) is 17.9. The molecular weight excluding hydrogens is 428 g/mol. The van der Waals surface area contributed by atoms with Crippen LogP contribution in [0.1, 0.15) is 22.3 Å². The van der Waals surface area contributed by atoms with E-state index in [2.05, 4.69) is 5.16 Å². The second-order valence-corrected chi connectivity index (χ2v) is 7.15. The maximum atomic E-state index is 11.2. The van der Waals surface area contributed by atoms with E-state index >= 15 is 0 Å². The lowest BCUT2D eigenvalue weighted by molar-refractivity contribution is -0.385. The first-order chi connectivity index (χ1) is 16.1. The summed E-state index contributed by atoms with van der Waals surface area (Å²) in [5.41, 5.74) is 2.87. The molecule has 0 N–H and O–H groups in total. The van der Waals surface area contributed by atoms with Crippen LogP contribution in [-0.4, -0.2) is 25.0 Å². The number of nitro benzene ring substituents is 1. The molecule has 0 saturated heterocycles. The molecule has 33 heavy (non-hydrogen) atoms. The summed E-state index contributed by atoms with van der Waals surface area (Å²) in [6.45, 7) is 0.760. The number of rotatable bonds is 9. The lowest BCUT2D eigenvalue weighted by Crippen LogP contribution is -2.14. The molecule has 0 fully saturated rings. The monoisotopic (exact) mass is 450 g/mol. The predicted octanol–water partition coefficient (Wildman–Crippen LogP) is 4.60. The lowest BCUT2D eigenvalue weighted by Gasteiger charge is -2.20. The number of hydrogen-bond donors (Lipinski definition) is 0. The maximum absolute atomic E-state index is 11.2. The Morgan fingerprint density at radius 1 is 1.09 bits per heavy atom. The standard InChI is InChI=1S/C24H22N2O7/c1-29-23-9-18(7-8-22(23)31-13-17-5-3-2-4-6-17)12-25-33-15-20-11-21(26(27)28)10-19-14-30-16-32-24(19)20/h2-12H,13-16H2,1H3/b25-12+. The molecule has 1 aliphatic rings. The van der Waals surface area contributed by atoms with E-state index in [1.165, 1.54) is 18.3 Å². The van der Waals surface area contributed by atoms with Gasteiger partial charge in [-0.25, -0.2) is 0 Å². The molecule has 0 spiro atoms. The molecule has 1 aliphatic heterocycles. The number of benzene rings is 3. The molecule has 4 rings (SSSR count). The van der Waals surface area contributed by atoms with Crippen molar-refractivity contribution in [3.05, 3.63) is 93.0 Å². The fourth-order valence-corrected chi connectivity index (χ4v) is 3.32. The van der Waals surface area contributed by atoms with Crippen LogP contribution in [-0.2, 0) is 29.4 Å². The smallest absolute Gasteiger partial charge is 0.270 e. The van der Waals surface area contributed by atoms with Crippen molar-refractivity contribution in [3.63, 3.8) is 0 Å². The summed E-state index contributed by atoms with van der Waals surface area (Å²) in [5.74, 6) is 1.71. The normalized spacial score (nSPS) is 12.6. The summed E-state index contributed by atoms with van der Waals surface area (Å²) in [7, 11) is 1.57. The second-order valence-electron chi connectivity index (χ2n) is 7.15. The number of fused-ring (bicyclic) bond motifs is 1. The van der Waals surface area contributed by atoms with Gasteiger partial charge < -0.3 is 23.8 Å². The average molecular weight is 450 g/mol. The van der Waals surface area contributed by atoms with Gasteiger partial charge >= 0.3 is 0 Å². The Balaban J connectivity index is 1.40. The van der Waals surface area contributed by atoms with Crippen molar-refractivity contribution in [2.45, 2.75) is 19.8 Å². The molecule has 170 valence electrons. The van der Waals surface area contributed by atoms with E-state index in [-0.39, 0.29) is 25.7 Å². The van der Waals surface area contributed by atoms with Gasteiger partial charge in [0.1, 0.15) is 19.0 Å². The minimum absolute atomic E-state index is 0.00984. The van der Waals surface area contributed by atoms with E-state index < -0.39 is 4.92 Å². The van der Waals surface area contributed by atoms with E-state index in [9.17, 15) is 10.1 Å². The number of oxime groups is 1. The number of methoxy groups -OCH3 is 1. The third kappa shape index (κ3) is 5.58. The molecule has 3 aromatic rings. The molecule has 0 saturated carbocycles. The van der Waals surface area contributed by atoms with E-state index in [0.717, 1.165) is 11.1 Å². The molecule has 9 heteroatoms. The highest BCUT2D eigenvalue weighted by Gasteiger charge is 2.21. The highest BCUT2D eigenvalue weighted by atomic mass is 16.7. The molecule has 3 aromatic carbocycles. The highest BCUT2D eigenvalue weighted by Crippen LogP contribution is 2.33. The summed E-state index contributed by atoms with van der Waals surface area (Å²) >= 11 is 0. The van der Waals surface area contributed by atoms with Gasteiger partial charge in [0, 0.05) is 28.8 Å². The van der Waals surface area contributed by atoms with Gasteiger partial charge in [0.25, 0.3) is 5.69 Å². The molecule has 0 unspecified atom stereocenters. The third-order valence-corrected chi connectivity index (χ3v) is 4.90. The van der Waals surface area contributed by atoms with Crippen molar-refractivity contribution in [1.82, 2.24) is 0 Å². The topological polar surface area (TPSA) is 102 Å². The Kier molecular flexibility index (Phi) is 7.01. The lowest BCUT2D eigenvalue weighted by atomic mass is 10.1. The van der Waals surface area contributed by atoms with E-state index in [1.54, 1.807) is 19.2 Å². The molecule has 0 atom stereocenters. The van der Waals surface area contributed by atoms with Crippen LogP contribution in [0.2, 0.25) is 0 Å². The summed E-state index contributed by atoms with van der Waals surface area (Å²) < 4.78 is 22.0. The molecular formula is C24H22N2O7. The summed E-state index contributed by atoms with van der Waals surface area (Å²) in [5, 5.41) is 15.2. The number of nitro groups is 1. The number of non-ortho nitro benzene ring substituents is 1. The number of ether oxygens (including phenoxy) is 4. The minimum Gasteiger partial charge on any atom is -0.493 e. The molecule has 9 nitrogen and oxygen atoms in total. The van der Waals surface area contributed by atoms with Gasteiger partial charge in [-0.1, -0.05) is 35.5 Å². The van der Waals surface area contributed by atoms with Crippen molar-refractivity contribution < 1.29 is 28.7 Å². The van der Waals surface area contributed by atoms with Gasteiger partial charge in [-0.05, 0) is 23.8 Å². The fourth-order valence-electron chi connectivity index (χ4n) is 3.32. The number of hydrogen-bond acceptors (Lipinski definition) is 8. The van der Waals surface area contributed by atoms with Crippen LogP contribution < -0.4 is 14.2 Å². The van der Waals surface area contributed by atoms with Crippen molar-refractivity contribution >= 4 is 11.9 Å². The molecule has 0 radical (unpaired) electrons. The summed E-state index contributed by atoms with van der Waals surface area (Å²) in [6.07, 6.45) is 1.53. The average Bonchev–Trinajstić information content (AvgIpc) is 2.86. The molecule has 1 heterocycles. The fraction of sp³-hybridized carbons (Fsp3) is 0.208. The van der Waals surface area contributed by atoms with Crippen LogP contribution in [0.5, 0.6) is 17.2 Å². The molecule has 0 bridgehead atoms. The van der Waals surface area contributed by atoms with Crippen molar-refractivity contribution in [2.24, 2.45) is 5.16 Å². The van der Waals surface area contributed by atoms with Gasteiger partial charge in [0.15, 0.2) is 18.3 Å². The van der Waals surface area contributed by atoms with Gasteiger partial charge in [-0.3, -0.25) is 10.1 Å². The first-order valence-electron chi connectivity index (χ1n) is 10.1. The zero-order chi connectivity index (χ0) is 23.0. The highest BCUT2D eigenvalue weighted by molar-refractivity contribution is 5.80. The Morgan fingerprint density at radius 2 is 1.94 bits per heavy atom. The Labute approximate surface area is 190 Å². The second kappa shape index (κ2) is 10.5. The van der Waals surface area contributed by atoms with Crippen LogP contribution >= 0.6 is 0 Å². The summed E-state index contributed by atoms with van der Waals surface area (Å²) in [4.78, 5) is 16.1. The molecule has 0 amide bonds. The van der Waals surface area contributed by atoms with Crippen LogP contribution in [0.25, 0.3) is 0 Å². The van der Waals surface area contributed by atoms with E-state index in [4.69, 9.17) is 23.8 Å². The van der Waals surface area contributed by atoms with Crippen molar-refractivity contribution in [3.8, 4) is 17.2 Å². The first kappa shape index (κ1) is 22.1. The van der Waals surface area contributed by atoms with Crippen molar-refractivity contribution in [1.29, 1.82) is 0 Å². The van der Waals surface area contributed by atoms with E-state index in [0.29, 0.717) is 35.0 Å². The summed E-state index contributed by atoms with van der Waals surface area (Å²) in [6, 6.07) is 18.1. The Hall–Kier alpha value is -4.11. The van der Waals surface area contributed by atoms with Crippen molar-refractivity contribution in [2.75, 3.05) is 13.9 Å². The Morgan fingerprint density at radius 3 is 2.73 bits per heavy atom. The van der Waals surface area contributed by atoms with Crippen LogP contribution in [0.4, 0.5) is 5.69 Å². The van der Waals surface area contributed by atoms with E-state index in [1.807, 2.05) is 36.4 Å². The largest absolute Gasteiger partial charge is 0.493 e.